The van der Waals surface area contributed by atoms with Gasteiger partial charge < -0.3 is 5.73 Å². The number of aryl methyl sites for hydroxylation is 1. The SMILES string of the molecule is CSCC[C@H](N)c1ccnc(C)n1. The zero-order valence-electron chi connectivity index (χ0n) is 8.03. The Morgan fingerprint density at radius 1 is 1.62 bits per heavy atom. The summed E-state index contributed by atoms with van der Waals surface area (Å²) >= 11 is 1.81. The lowest BCUT2D eigenvalue weighted by Crippen LogP contribution is -2.13. The van der Waals surface area contributed by atoms with Crippen molar-refractivity contribution in [2.24, 2.45) is 5.73 Å². The van der Waals surface area contributed by atoms with Gasteiger partial charge in [-0.15, -0.1) is 0 Å². The van der Waals surface area contributed by atoms with Crippen molar-refractivity contribution in [1.82, 2.24) is 9.97 Å². The van der Waals surface area contributed by atoms with Crippen molar-refractivity contribution in [3.63, 3.8) is 0 Å². The van der Waals surface area contributed by atoms with Gasteiger partial charge in [-0.05, 0) is 31.4 Å². The monoisotopic (exact) mass is 197 g/mol. The molecule has 0 saturated heterocycles. The summed E-state index contributed by atoms with van der Waals surface area (Å²) < 4.78 is 0. The van der Waals surface area contributed by atoms with E-state index in [2.05, 4.69) is 16.2 Å². The molecular formula is C9H15N3S. The van der Waals surface area contributed by atoms with Gasteiger partial charge in [0.05, 0.1) is 5.69 Å². The van der Waals surface area contributed by atoms with Crippen LogP contribution in [0.1, 0.15) is 24.0 Å². The molecule has 1 atom stereocenters. The maximum absolute atomic E-state index is 5.95. The van der Waals surface area contributed by atoms with Gasteiger partial charge in [-0.1, -0.05) is 0 Å². The molecule has 0 aliphatic rings. The molecule has 13 heavy (non-hydrogen) atoms. The number of nitrogens with zero attached hydrogens (tertiary/aromatic N) is 2. The van der Waals surface area contributed by atoms with Crippen LogP contribution in [0.2, 0.25) is 0 Å². The van der Waals surface area contributed by atoms with E-state index in [1.54, 1.807) is 18.0 Å². The number of hydrogen-bond donors (Lipinski definition) is 1. The predicted molar refractivity (Wildman–Crippen MR) is 56.7 cm³/mol. The Morgan fingerprint density at radius 3 is 3.00 bits per heavy atom. The van der Waals surface area contributed by atoms with Gasteiger partial charge in [0, 0.05) is 12.2 Å². The zero-order valence-corrected chi connectivity index (χ0v) is 8.84. The molecule has 0 saturated carbocycles. The smallest absolute Gasteiger partial charge is 0.125 e. The minimum absolute atomic E-state index is 0.0501. The standard InChI is InChI=1S/C9H15N3S/c1-7-11-5-3-9(12-7)8(10)4-6-13-2/h3,5,8H,4,6,10H2,1-2H3/t8-/m0/s1. The van der Waals surface area contributed by atoms with E-state index in [0.717, 1.165) is 23.7 Å². The quantitative estimate of drug-likeness (QED) is 0.795. The van der Waals surface area contributed by atoms with Crippen LogP contribution in [0.3, 0.4) is 0 Å². The van der Waals surface area contributed by atoms with E-state index in [-0.39, 0.29) is 6.04 Å². The fourth-order valence-corrected chi connectivity index (χ4v) is 1.56. The van der Waals surface area contributed by atoms with Crippen LogP contribution in [-0.2, 0) is 0 Å². The van der Waals surface area contributed by atoms with E-state index < -0.39 is 0 Å². The molecule has 1 aromatic rings. The summed E-state index contributed by atoms with van der Waals surface area (Å²) in [4.78, 5) is 8.31. The third kappa shape index (κ3) is 3.32. The highest BCUT2D eigenvalue weighted by molar-refractivity contribution is 7.98. The molecule has 1 aromatic heterocycles. The molecule has 72 valence electrons. The average molecular weight is 197 g/mol. The van der Waals surface area contributed by atoms with Gasteiger partial charge in [-0.25, -0.2) is 9.97 Å². The molecular weight excluding hydrogens is 182 g/mol. The van der Waals surface area contributed by atoms with Crippen LogP contribution < -0.4 is 5.73 Å². The fraction of sp³-hybridized carbons (Fsp3) is 0.556. The minimum Gasteiger partial charge on any atom is -0.323 e. The van der Waals surface area contributed by atoms with Gasteiger partial charge in [-0.2, -0.15) is 11.8 Å². The molecule has 0 radical (unpaired) electrons. The first-order valence-electron chi connectivity index (χ1n) is 4.28. The van der Waals surface area contributed by atoms with E-state index in [9.17, 15) is 0 Å². The van der Waals surface area contributed by atoms with E-state index >= 15 is 0 Å². The van der Waals surface area contributed by atoms with Crippen molar-refractivity contribution in [2.75, 3.05) is 12.0 Å². The summed E-state index contributed by atoms with van der Waals surface area (Å²) in [7, 11) is 0. The summed E-state index contributed by atoms with van der Waals surface area (Å²) in [6.07, 6.45) is 4.81. The highest BCUT2D eigenvalue weighted by Crippen LogP contribution is 2.12. The molecule has 0 aliphatic heterocycles. The van der Waals surface area contributed by atoms with Crippen molar-refractivity contribution in [3.05, 3.63) is 23.8 Å². The third-order valence-corrected chi connectivity index (χ3v) is 2.45. The van der Waals surface area contributed by atoms with E-state index in [0.29, 0.717) is 0 Å². The first-order valence-corrected chi connectivity index (χ1v) is 5.67. The minimum atomic E-state index is 0.0501. The molecule has 3 nitrogen and oxygen atoms in total. The number of nitrogens with two attached hydrogens (primary N) is 1. The number of rotatable bonds is 4. The third-order valence-electron chi connectivity index (χ3n) is 1.81. The number of aromatic nitrogens is 2. The van der Waals surface area contributed by atoms with Crippen LogP contribution in [0, 0.1) is 6.92 Å². The summed E-state index contributed by atoms with van der Waals surface area (Å²) in [5.74, 6) is 1.86. The largest absolute Gasteiger partial charge is 0.323 e. The van der Waals surface area contributed by atoms with Crippen LogP contribution in [0.25, 0.3) is 0 Å². The Bertz CT molecular complexity index is 265. The van der Waals surface area contributed by atoms with Crippen LogP contribution >= 0.6 is 11.8 Å². The second kappa shape index (κ2) is 5.19. The Morgan fingerprint density at radius 2 is 2.38 bits per heavy atom. The van der Waals surface area contributed by atoms with Crippen molar-refractivity contribution in [3.8, 4) is 0 Å². The van der Waals surface area contributed by atoms with Crippen LogP contribution in [0.4, 0.5) is 0 Å². The summed E-state index contributed by atoms with van der Waals surface area (Å²) in [5.41, 5.74) is 6.89. The normalized spacial score (nSPS) is 12.8. The Balaban J connectivity index is 2.60. The topological polar surface area (TPSA) is 51.8 Å². The van der Waals surface area contributed by atoms with E-state index in [4.69, 9.17) is 5.73 Å². The summed E-state index contributed by atoms with van der Waals surface area (Å²) in [5, 5.41) is 0. The zero-order chi connectivity index (χ0) is 9.68. The lowest BCUT2D eigenvalue weighted by molar-refractivity contribution is 0.674. The highest BCUT2D eigenvalue weighted by Gasteiger charge is 2.06. The Kier molecular flexibility index (Phi) is 4.18. The van der Waals surface area contributed by atoms with E-state index in [1.807, 2.05) is 13.0 Å². The van der Waals surface area contributed by atoms with Crippen LogP contribution in [0.15, 0.2) is 12.3 Å². The predicted octanol–water partition coefficient (Wildman–Crippen LogP) is 1.54. The van der Waals surface area contributed by atoms with Gasteiger partial charge in [0.1, 0.15) is 5.82 Å². The molecule has 2 N–H and O–H groups in total. The van der Waals surface area contributed by atoms with Gasteiger partial charge in [0.15, 0.2) is 0 Å². The second-order valence-electron chi connectivity index (χ2n) is 2.92. The summed E-state index contributed by atoms with van der Waals surface area (Å²) in [6, 6.07) is 1.94. The number of thioether (sulfide) groups is 1. The molecule has 0 bridgehead atoms. The van der Waals surface area contributed by atoms with Crippen LogP contribution in [-0.4, -0.2) is 22.0 Å². The van der Waals surface area contributed by atoms with E-state index in [1.165, 1.54) is 0 Å². The second-order valence-corrected chi connectivity index (χ2v) is 3.90. The van der Waals surface area contributed by atoms with Crippen molar-refractivity contribution in [2.45, 2.75) is 19.4 Å². The highest BCUT2D eigenvalue weighted by atomic mass is 32.2. The average Bonchev–Trinajstić information content (AvgIpc) is 2.14. The fourth-order valence-electron chi connectivity index (χ4n) is 1.07. The first-order chi connectivity index (χ1) is 6.24. The van der Waals surface area contributed by atoms with Crippen molar-refractivity contribution in [1.29, 1.82) is 0 Å². The molecule has 0 fully saturated rings. The molecule has 1 rings (SSSR count). The molecule has 0 aliphatic carbocycles. The maximum Gasteiger partial charge on any atom is 0.125 e. The van der Waals surface area contributed by atoms with Gasteiger partial charge >= 0.3 is 0 Å². The maximum atomic E-state index is 5.95. The van der Waals surface area contributed by atoms with Crippen LogP contribution in [0.5, 0.6) is 0 Å². The lowest BCUT2D eigenvalue weighted by Gasteiger charge is -2.09. The Hall–Kier alpha value is -0.610. The molecule has 0 unspecified atom stereocenters. The summed E-state index contributed by atoms with van der Waals surface area (Å²) in [6.45, 7) is 1.88. The van der Waals surface area contributed by atoms with Crippen molar-refractivity contribution < 1.29 is 0 Å². The van der Waals surface area contributed by atoms with Crippen molar-refractivity contribution >= 4 is 11.8 Å². The van der Waals surface area contributed by atoms with Gasteiger partial charge in [-0.3, -0.25) is 0 Å². The molecule has 1 heterocycles. The molecule has 0 aromatic carbocycles. The molecule has 0 spiro atoms. The first kappa shape index (κ1) is 10.5. The Labute approximate surface area is 83.2 Å². The molecule has 4 heteroatoms. The number of hydrogen-bond acceptors (Lipinski definition) is 4. The van der Waals surface area contributed by atoms with Gasteiger partial charge in [0.25, 0.3) is 0 Å². The molecule has 0 amide bonds. The lowest BCUT2D eigenvalue weighted by atomic mass is 10.1. The van der Waals surface area contributed by atoms with Gasteiger partial charge in [0.2, 0.25) is 0 Å².